The van der Waals surface area contributed by atoms with Gasteiger partial charge in [0.05, 0.1) is 30.5 Å². The van der Waals surface area contributed by atoms with E-state index in [2.05, 4.69) is 25.8 Å². The lowest BCUT2D eigenvalue weighted by Gasteiger charge is -2.13. The van der Waals surface area contributed by atoms with Gasteiger partial charge in [-0.05, 0) is 24.6 Å². The minimum absolute atomic E-state index is 0.0795. The van der Waals surface area contributed by atoms with Crippen LogP contribution >= 0.6 is 11.6 Å². The molecule has 1 atom stereocenters. The first-order chi connectivity index (χ1) is 11.4. The Labute approximate surface area is 144 Å². The zero-order valence-electron chi connectivity index (χ0n) is 12.9. The number of hydrogen-bond acceptors (Lipinski definition) is 8. The topological polar surface area (TPSA) is 106 Å². The van der Waals surface area contributed by atoms with E-state index in [1.54, 1.807) is 25.3 Å². The van der Waals surface area contributed by atoms with Crippen molar-refractivity contribution in [3.63, 3.8) is 0 Å². The summed E-state index contributed by atoms with van der Waals surface area (Å²) in [5.74, 6) is 1.57. The fraction of sp³-hybridized carbons (Fsp3) is 0.357. The first-order valence-electron chi connectivity index (χ1n) is 7.22. The van der Waals surface area contributed by atoms with Gasteiger partial charge < -0.3 is 15.4 Å². The molecule has 2 aromatic rings. The van der Waals surface area contributed by atoms with Crippen molar-refractivity contribution in [1.82, 2.24) is 15.2 Å². The molecule has 1 saturated heterocycles. The maximum absolute atomic E-state index is 11.5. The molecule has 0 saturated carbocycles. The standard InChI is InChI=1S/C14H16ClN5O3S/c1-23-12-3-2-9(15)6-11(12)18-13-7-16-20-14(19-13)17-10-4-5-24(21,22)8-10/h2-3,6-7,10H,4-5,8H2,1H3,(H2,17,18,19,20). The molecule has 2 N–H and O–H groups in total. The Hall–Kier alpha value is -2.13. The second-order valence-electron chi connectivity index (χ2n) is 5.38. The number of benzene rings is 1. The Kier molecular flexibility index (Phi) is 4.72. The highest BCUT2D eigenvalue weighted by Crippen LogP contribution is 2.29. The number of halogens is 1. The van der Waals surface area contributed by atoms with Crippen LogP contribution in [0.3, 0.4) is 0 Å². The summed E-state index contributed by atoms with van der Waals surface area (Å²) in [6.07, 6.45) is 1.99. The highest BCUT2D eigenvalue weighted by molar-refractivity contribution is 7.91. The fourth-order valence-electron chi connectivity index (χ4n) is 2.43. The van der Waals surface area contributed by atoms with Gasteiger partial charge in [-0.1, -0.05) is 11.6 Å². The molecule has 24 heavy (non-hydrogen) atoms. The lowest BCUT2D eigenvalue weighted by atomic mass is 10.3. The first-order valence-corrected chi connectivity index (χ1v) is 9.42. The van der Waals surface area contributed by atoms with E-state index in [1.165, 1.54) is 6.20 Å². The number of methoxy groups -OCH3 is 1. The maximum Gasteiger partial charge on any atom is 0.244 e. The second-order valence-corrected chi connectivity index (χ2v) is 8.04. The van der Waals surface area contributed by atoms with Crippen LogP contribution in [0.15, 0.2) is 24.4 Å². The van der Waals surface area contributed by atoms with E-state index < -0.39 is 9.84 Å². The highest BCUT2D eigenvalue weighted by atomic mass is 35.5. The molecule has 0 bridgehead atoms. The quantitative estimate of drug-likeness (QED) is 0.822. The van der Waals surface area contributed by atoms with Gasteiger partial charge >= 0.3 is 0 Å². The third-order valence-corrected chi connectivity index (χ3v) is 5.55. The van der Waals surface area contributed by atoms with Gasteiger partial charge in [0.2, 0.25) is 5.95 Å². The second kappa shape index (κ2) is 6.78. The average Bonchev–Trinajstić information content (AvgIpc) is 2.87. The SMILES string of the molecule is COc1ccc(Cl)cc1Nc1cnnc(NC2CCS(=O)(=O)C2)n1. The van der Waals surface area contributed by atoms with Crippen molar-refractivity contribution in [3.05, 3.63) is 29.4 Å². The summed E-state index contributed by atoms with van der Waals surface area (Å²) in [7, 11) is -1.42. The van der Waals surface area contributed by atoms with Crippen molar-refractivity contribution in [3.8, 4) is 5.75 Å². The molecule has 3 rings (SSSR count). The molecule has 1 aromatic carbocycles. The number of rotatable bonds is 5. The Morgan fingerprint density at radius 3 is 2.92 bits per heavy atom. The number of sulfone groups is 1. The van der Waals surface area contributed by atoms with Gasteiger partial charge in [-0.15, -0.1) is 5.10 Å². The Balaban J connectivity index is 1.75. The number of nitrogens with one attached hydrogen (secondary N) is 2. The van der Waals surface area contributed by atoms with Crippen LogP contribution in [-0.2, 0) is 9.84 Å². The highest BCUT2D eigenvalue weighted by Gasteiger charge is 2.28. The summed E-state index contributed by atoms with van der Waals surface area (Å²) >= 11 is 6.00. The largest absolute Gasteiger partial charge is 0.495 e. The molecule has 0 aliphatic carbocycles. The van der Waals surface area contributed by atoms with Crippen LogP contribution in [0.25, 0.3) is 0 Å². The minimum Gasteiger partial charge on any atom is -0.495 e. The molecule has 1 unspecified atom stereocenters. The van der Waals surface area contributed by atoms with Gasteiger partial charge in [-0.2, -0.15) is 10.1 Å². The number of hydrogen-bond donors (Lipinski definition) is 2. The van der Waals surface area contributed by atoms with E-state index in [9.17, 15) is 8.42 Å². The molecule has 8 nitrogen and oxygen atoms in total. The zero-order chi connectivity index (χ0) is 17.2. The lowest BCUT2D eigenvalue weighted by molar-refractivity contribution is 0.417. The summed E-state index contributed by atoms with van der Waals surface area (Å²) in [6.45, 7) is 0. The summed E-state index contributed by atoms with van der Waals surface area (Å²) in [6, 6.07) is 4.96. The first kappa shape index (κ1) is 16.7. The van der Waals surface area contributed by atoms with Gasteiger partial charge in [0, 0.05) is 11.1 Å². The van der Waals surface area contributed by atoms with Crippen molar-refractivity contribution >= 4 is 38.9 Å². The number of ether oxygens (including phenoxy) is 1. The van der Waals surface area contributed by atoms with E-state index in [1.807, 2.05) is 0 Å². The lowest BCUT2D eigenvalue weighted by Crippen LogP contribution is -2.22. The Morgan fingerprint density at radius 2 is 2.21 bits per heavy atom. The third kappa shape index (κ3) is 4.04. The van der Waals surface area contributed by atoms with Gasteiger partial charge in [-0.25, -0.2) is 8.42 Å². The van der Waals surface area contributed by atoms with Crippen molar-refractivity contribution in [2.75, 3.05) is 29.2 Å². The van der Waals surface area contributed by atoms with E-state index in [0.29, 0.717) is 28.7 Å². The molecule has 1 aromatic heterocycles. The number of aromatic nitrogens is 3. The van der Waals surface area contributed by atoms with Crippen LogP contribution in [0, 0.1) is 0 Å². The molecule has 1 aliphatic heterocycles. The zero-order valence-corrected chi connectivity index (χ0v) is 14.4. The van der Waals surface area contributed by atoms with E-state index in [4.69, 9.17) is 16.3 Å². The summed E-state index contributed by atoms with van der Waals surface area (Å²) in [5, 5.41) is 14.4. The predicted octanol–water partition coefficient (Wildman–Crippen LogP) is 1.88. The summed E-state index contributed by atoms with van der Waals surface area (Å²) in [5.41, 5.74) is 0.639. The van der Waals surface area contributed by atoms with E-state index in [0.717, 1.165) is 0 Å². The molecular formula is C14H16ClN5O3S. The van der Waals surface area contributed by atoms with Gasteiger partial charge in [-0.3, -0.25) is 0 Å². The maximum atomic E-state index is 11.5. The van der Waals surface area contributed by atoms with Crippen LogP contribution in [0.4, 0.5) is 17.5 Å². The van der Waals surface area contributed by atoms with Crippen LogP contribution in [0.2, 0.25) is 5.02 Å². The predicted molar refractivity (Wildman–Crippen MR) is 91.8 cm³/mol. The molecule has 0 spiro atoms. The fourth-order valence-corrected chi connectivity index (χ4v) is 4.28. The molecule has 128 valence electrons. The van der Waals surface area contributed by atoms with Crippen LogP contribution in [-0.4, -0.2) is 48.3 Å². The molecule has 2 heterocycles. The van der Waals surface area contributed by atoms with E-state index in [-0.39, 0.29) is 23.5 Å². The van der Waals surface area contributed by atoms with Gasteiger partial charge in [0.1, 0.15) is 5.75 Å². The molecule has 0 radical (unpaired) electrons. The van der Waals surface area contributed by atoms with E-state index >= 15 is 0 Å². The van der Waals surface area contributed by atoms with Gasteiger partial charge in [0.15, 0.2) is 15.7 Å². The molecule has 1 aliphatic rings. The van der Waals surface area contributed by atoms with Crippen LogP contribution in [0.5, 0.6) is 5.75 Å². The molecule has 10 heteroatoms. The number of anilines is 3. The Bertz CT molecular complexity index is 846. The number of nitrogens with zero attached hydrogens (tertiary/aromatic N) is 3. The summed E-state index contributed by atoms with van der Waals surface area (Å²) in [4.78, 5) is 4.30. The average molecular weight is 370 g/mol. The van der Waals surface area contributed by atoms with Gasteiger partial charge in [0.25, 0.3) is 0 Å². The van der Waals surface area contributed by atoms with Crippen LogP contribution < -0.4 is 15.4 Å². The van der Waals surface area contributed by atoms with Crippen molar-refractivity contribution in [2.24, 2.45) is 0 Å². The minimum atomic E-state index is -2.97. The normalized spacial score (nSPS) is 19.0. The van der Waals surface area contributed by atoms with Crippen molar-refractivity contribution < 1.29 is 13.2 Å². The van der Waals surface area contributed by atoms with Crippen LogP contribution in [0.1, 0.15) is 6.42 Å². The third-order valence-electron chi connectivity index (χ3n) is 3.55. The molecular weight excluding hydrogens is 354 g/mol. The smallest absolute Gasteiger partial charge is 0.244 e. The molecule has 0 amide bonds. The van der Waals surface area contributed by atoms with Crippen molar-refractivity contribution in [1.29, 1.82) is 0 Å². The summed E-state index contributed by atoms with van der Waals surface area (Å²) < 4.78 is 28.3. The Morgan fingerprint density at radius 1 is 1.38 bits per heavy atom. The monoisotopic (exact) mass is 369 g/mol. The van der Waals surface area contributed by atoms with Crippen molar-refractivity contribution in [2.45, 2.75) is 12.5 Å². The molecule has 1 fully saturated rings.